The molecule has 0 saturated heterocycles. The monoisotopic (exact) mass is 274 g/mol. The van der Waals surface area contributed by atoms with Crippen molar-refractivity contribution in [2.24, 2.45) is 5.92 Å². The van der Waals surface area contributed by atoms with E-state index in [-0.39, 0.29) is 17.6 Å². The van der Waals surface area contributed by atoms with E-state index in [0.717, 1.165) is 11.3 Å². The average Bonchev–Trinajstić information content (AvgIpc) is 2.43. The molecule has 0 aliphatic carbocycles. The van der Waals surface area contributed by atoms with Gasteiger partial charge in [-0.2, -0.15) is 0 Å². The Morgan fingerprint density at radius 3 is 2.40 bits per heavy atom. The van der Waals surface area contributed by atoms with Crippen LogP contribution in [-0.4, -0.2) is 10.1 Å². The molecule has 0 bridgehead atoms. The summed E-state index contributed by atoms with van der Waals surface area (Å²) in [5.74, 6) is 0.307. The first-order valence-corrected chi connectivity index (χ1v) is 6.69. The van der Waals surface area contributed by atoms with Crippen LogP contribution in [0.3, 0.4) is 0 Å². The van der Waals surface area contributed by atoms with Crippen molar-refractivity contribution < 1.29 is 9.50 Å². The molecule has 2 N–H and O–H groups in total. The van der Waals surface area contributed by atoms with Gasteiger partial charge in [0.25, 0.3) is 0 Å². The predicted octanol–water partition coefficient (Wildman–Crippen LogP) is 3.41. The topological polar surface area (TPSA) is 45.1 Å². The molecule has 20 heavy (non-hydrogen) atoms. The number of nitrogens with one attached hydrogen (secondary N) is 1. The van der Waals surface area contributed by atoms with E-state index in [2.05, 4.69) is 24.1 Å². The first-order valence-electron chi connectivity index (χ1n) is 6.69. The van der Waals surface area contributed by atoms with Gasteiger partial charge in [0, 0.05) is 12.6 Å². The molecule has 1 atom stereocenters. The molecule has 0 spiro atoms. The van der Waals surface area contributed by atoms with Crippen molar-refractivity contribution in [1.82, 2.24) is 10.3 Å². The first-order chi connectivity index (χ1) is 9.56. The van der Waals surface area contributed by atoms with Crippen molar-refractivity contribution in [3.05, 3.63) is 59.7 Å². The third-order valence-corrected chi connectivity index (χ3v) is 3.21. The van der Waals surface area contributed by atoms with Crippen LogP contribution in [0.1, 0.15) is 31.1 Å². The molecule has 0 aliphatic heterocycles. The van der Waals surface area contributed by atoms with Gasteiger partial charge < -0.3 is 10.4 Å². The van der Waals surface area contributed by atoms with E-state index < -0.39 is 0 Å². The Labute approximate surface area is 118 Å². The molecule has 0 radical (unpaired) electrons. The summed E-state index contributed by atoms with van der Waals surface area (Å²) >= 11 is 0. The van der Waals surface area contributed by atoms with E-state index in [1.807, 2.05) is 0 Å². The smallest absolute Gasteiger partial charge is 0.133 e. The maximum Gasteiger partial charge on any atom is 0.133 e. The third-order valence-electron chi connectivity index (χ3n) is 3.21. The number of benzene rings is 1. The molecule has 0 aliphatic rings. The van der Waals surface area contributed by atoms with Crippen LogP contribution < -0.4 is 5.32 Å². The molecule has 106 valence electrons. The SMILES string of the molecule is CC(C)C(NCc1ccc(O)cn1)c1ccc(F)cc1. The molecule has 0 fully saturated rings. The van der Waals surface area contributed by atoms with Gasteiger partial charge in [0.15, 0.2) is 0 Å². The van der Waals surface area contributed by atoms with Gasteiger partial charge in [-0.15, -0.1) is 0 Å². The fourth-order valence-electron chi connectivity index (χ4n) is 2.14. The Kier molecular flexibility index (Phi) is 4.69. The van der Waals surface area contributed by atoms with Crippen molar-refractivity contribution in [3.63, 3.8) is 0 Å². The maximum absolute atomic E-state index is 13.0. The molecule has 1 heterocycles. The van der Waals surface area contributed by atoms with E-state index in [4.69, 9.17) is 0 Å². The second-order valence-corrected chi connectivity index (χ2v) is 5.16. The highest BCUT2D eigenvalue weighted by molar-refractivity contribution is 5.21. The third kappa shape index (κ3) is 3.78. The molecule has 2 aromatic rings. The van der Waals surface area contributed by atoms with Gasteiger partial charge in [-0.1, -0.05) is 26.0 Å². The Bertz CT molecular complexity index is 537. The van der Waals surface area contributed by atoms with E-state index in [9.17, 15) is 9.50 Å². The van der Waals surface area contributed by atoms with Crippen LogP contribution in [0.5, 0.6) is 5.75 Å². The summed E-state index contributed by atoms with van der Waals surface area (Å²) in [6, 6.07) is 10.1. The van der Waals surface area contributed by atoms with Gasteiger partial charge in [-0.05, 0) is 35.7 Å². The number of nitrogens with zero attached hydrogens (tertiary/aromatic N) is 1. The van der Waals surface area contributed by atoms with Crippen molar-refractivity contribution in [3.8, 4) is 5.75 Å². The second kappa shape index (κ2) is 6.48. The Morgan fingerprint density at radius 1 is 1.15 bits per heavy atom. The highest BCUT2D eigenvalue weighted by Crippen LogP contribution is 2.22. The quantitative estimate of drug-likeness (QED) is 0.878. The molecule has 4 heteroatoms. The minimum Gasteiger partial charge on any atom is -0.506 e. The summed E-state index contributed by atoms with van der Waals surface area (Å²) in [4.78, 5) is 4.14. The standard InChI is InChI=1S/C16H19FN2O/c1-11(2)16(12-3-5-13(17)6-4-12)19-9-14-7-8-15(20)10-18-14/h3-8,10-11,16,19-20H,9H2,1-2H3. The van der Waals surface area contributed by atoms with E-state index in [1.165, 1.54) is 18.3 Å². The number of aromatic hydroxyl groups is 1. The van der Waals surface area contributed by atoms with E-state index >= 15 is 0 Å². The Hall–Kier alpha value is -1.94. The summed E-state index contributed by atoms with van der Waals surface area (Å²) in [7, 11) is 0. The van der Waals surface area contributed by atoms with Gasteiger partial charge >= 0.3 is 0 Å². The van der Waals surface area contributed by atoms with E-state index in [1.54, 1.807) is 24.3 Å². The highest BCUT2D eigenvalue weighted by Gasteiger charge is 2.15. The molecular weight excluding hydrogens is 255 g/mol. The molecule has 1 aromatic carbocycles. The fourth-order valence-corrected chi connectivity index (χ4v) is 2.14. The average molecular weight is 274 g/mol. The Balaban J connectivity index is 2.06. The van der Waals surface area contributed by atoms with Crippen LogP contribution in [0.2, 0.25) is 0 Å². The van der Waals surface area contributed by atoms with Gasteiger partial charge in [0.2, 0.25) is 0 Å². The number of rotatable bonds is 5. The molecule has 0 saturated carbocycles. The summed E-state index contributed by atoms with van der Waals surface area (Å²) in [5.41, 5.74) is 1.91. The predicted molar refractivity (Wildman–Crippen MR) is 76.7 cm³/mol. The van der Waals surface area contributed by atoms with Crippen molar-refractivity contribution in [2.75, 3.05) is 0 Å². The minimum absolute atomic E-state index is 0.131. The lowest BCUT2D eigenvalue weighted by molar-refractivity contribution is 0.407. The first kappa shape index (κ1) is 14.5. The normalized spacial score (nSPS) is 12.6. The lowest BCUT2D eigenvalue weighted by atomic mass is 9.96. The van der Waals surface area contributed by atoms with Crippen molar-refractivity contribution >= 4 is 0 Å². The largest absolute Gasteiger partial charge is 0.506 e. The molecule has 0 amide bonds. The number of pyridine rings is 1. The van der Waals surface area contributed by atoms with Crippen LogP contribution >= 0.6 is 0 Å². The Morgan fingerprint density at radius 2 is 1.85 bits per heavy atom. The van der Waals surface area contributed by atoms with Crippen LogP contribution in [0.25, 0.3) is 0 Å². The maximum atomic E-state index is 13.0. The zero-order valence-electron chi connectivity index (χ0n) is 11.7. The minimum atomic E-state index is -0.226. The van der Waals surface area contributed by atoms with Gasteiger partial charge in [0.1, 0.15) is 11.6 Å². The lowest BCUT2D eigenvalue weighted by Gasteiger charge is -2.23. The van der Waals surface area contributed by atoms with Crippen LogP contribution in [0.4, 0.5) is 4.39 Å². The summed E-state index contributed by atoms with van der Waals surface area (Å²) < 4.78 is 13.0. The fraction of sp³-hybridized carbons (Fsp3) is 0.312. The molecule has 1 unspecified atom stereocenters. The summed E-state index contributed by atoms with van der Waals surface area (Å²) in [6.07, 6.45) is 1.43. The number of hydrogen-bond acceptors (Lipinski definition) is 3. The molecule has 3 nitrogen and oxygen atoms in total. The number of hydrogen-bond donors (Lipinski definition) is 2. The van der Waals surface area contributed by atoms with Crippen LogP contribution in [0.15, 0.2) is 42.6 Å². The highest BCUT2D eigenvalue weighted by atomic mass is 19.1. The van der Waals surface area contributed by atoms with Crippen molar-refractivity contribution in [1.29, 1.82) is 0 Å². The second-order valence-electron chi connectivity index (χ2n) is 5.16. The van der Waals surface area contributed by atoms with Crippen LogP contribution in [-0.2, 0) is 6.54 Å². The zero-order chi connectivity index (χ0) is 14.5. The molecular formula is C16H19FN2O. The number of aromatic nitrogens is 1. The van der Waals surface area contributed by atoms with Gasteiger partial charge in [0.05, 0.1) is 11.9 Å². The molecule has 1 aromatic heterocycles. The zero-order valence-corrected chi connectivity index (χ0v) is 11.7. The lowest BCUT2D eigenvalue weighted by Crippen LogP contribution is -2.25. The van der Waals surface area contributed by atoms with E-state index in [0.29, 0.717) is 12.5 Å². The van der Waals surface area contributed by atoms with Gasteiger partial charge in [-0.3, -0.25) is 4.98 Å². The summed E-state index contributed by atoms with van der Waals surface area (Å²) in [6.45, 7) is 4.83. The van der Waals surface area contributed by atoms with Crippen LogP contribution in [0, 0.1) is 11.7 Å². The van der Waals surface area contributed by atoms with Gasteiger partial charge in [-0.25, -0.2) is 4.39 Å². The van der Waals surface area contributed by atoms with Crippen molar-refractivity contribution in [2.45, 2.75) is 26.4 Å². The summed E-state index contributed by atoms with van der Waals surface area (Å²) in [5, 5.41) is 12.6. The molecule has 2 rings (SSSR count). The number of halogens is 1.